The predicted molar refractivity (Wildman–Crippen MR) is 88.0 cm³/mol. The minimum absolute atomic E-state index is 0.275. The summed E-state index contributed by atoms with van der Waals surface area (Å²) in [6, 6.07) is 9.26. The summed E-state index contributed by atoms with van der Waals surface area (Å²) in [4.78, 5) is 0. The number of nitrogens with two attached hydrogens (primary N) is 1. The van der Waals surface area contributed by atoms with Crippen LogP contribution in [0.4, 0.5) is 0 Å². The monoisotopic (exact) mass is 272 g/mol. The van der Waals surface area contributed by atoms with Crippen LogP contribution in [0.2, 0.25) is 0 Å². The van der Waals surface area contributed by atoms with E-state index in [4.69, 9.17) is 5.73 Å². The van der Waals surface area contributed by atoms with E-state index in [1.807, 2.05) is 0 Å². The van der Waals surface area contributed by atoms with E-state index >= 15 is 0 Å². The smallest absolute Gasteiger partial charge is 0.0483 e. The molecule has 0 spiro atoms. The maximum atomic E-state index is 6.07. The normalized spacial score (nSPS) is 13.2. The van der Waals surface area contributed by atoms with Crippen molar-refractivity contribution in [2.75, 3.05) is 0 Å². The molecule has 1 aromatic carbocycles. The van der Waals surface area contributed by atoms with Gasteiger partial charge < -0.3 is 10.3 Å². The van der Waals surface area contributed by atoms with Crippen molar-refractivity contribution in [1.82, 2.24) is 4.57 Å². The van der Waals surface area contributed by atoms with E-state index < -0.39 is 0 Å². The molecule has 2 aromatic rings. The first kappa shape index (κ1) is 15.1. The van der Waals surface area contributed by atoms with Gasteiger partial charge in [-0.05, 0) is 54.7 Å². The molecular formula is C18H28N2. The van der Waals surface area contributed by atoms with E-state index in [0.717, 1.165) is 25.3 Å². The summed E-state index contributed by atoms with van der Waals surface area (Å²) in [6.07, 6.45) is 6.77. The van der Waals surface area contributed by atoms with Crippen LogP contribution in [0.1, 0.15) is 45.6 Å². The number of benzene rings is 1. The first-order valence-electron chi connectivity index (χ1n) is 7.93. The molecule has 110 valence electrons. The summed E-state index contributed by atoms with van der Waals surface area (Å²) in [5, 5.41) is 1.34. The van der Waals surface area contributed by atoms with Crippen molar-refractivity contribution in [2.24, 2.45) is 11.7 Å². The van der Waals surface area contributed by atoms with Crippen molar-refractivity contribution in [1.29, 1.82) is 0 Å². The van der Waals surface area contributed by atoms with Crippen LogP contribution in [0.5, 0.6) is 0 Å². The Balaban J connectivity index is 2.13. The summed E-state index contributed by atoms with van der Waals surface area (Å²) in [5.74, 6) is 0.787. The third-order valence-corrected chi connectivity index (χ3v) is 4.04. The van der Waals surface area contributed by atoms with E-state index in [2.05, 4.69) is 55.8 Å². The fourth-order valence-corrected chi connectivity index (χ4v) is 2.67. The molecule has 0 amide bonds. The SMILES string of the molecule is CCC(N)Cc1ccc2ccn(CCCC(C)C)c2c1. The highest BCUT2D eigenvalue weighted by molar-refractivity contribution is 5.80. The number of nitrogens with zero attached hydrogens (tertiary/aromatic N) is 1. The van der Waals surface area contributed by atoms with E-state index in [1.54, 1.807) is 0 Å². The van der Waals surface area contributed by atoms with E-state index in [9.17, 15) is 0 Å². The molecule has 0 saturated heterocycles. The number of aryl methyl sites for hydroxylation is 1. The number of rotatable bonds is 7. The summed E-state index contributed by atoms with van der Waals surface area (Å²) >= 11 is 0. The summed E-state index contributed by atoms with van der Waals surface area (Å²) in [6.45, 7) is 7.85. The van der Waals surface area contributed by atoms with Gasteiger partial charge in [-0.1, -0.05) is 32.9 Å². The molecular weight excluding hydrogens is 244 g/mol. The van der Waals surface area contributed by atoms with Crippen LogP contribution in [0.3, 0.4) is 0 Å². The maximum Gasteiger partial charge on any atom is 0.0483 e. The lowest BCUT2D eigenvalue weighted by Gasteiger charge is -2.11. The largest absolute Gasteiger partial charge is 0.347 e. The van der Waals surface area contributed by atoms with Gasteiger partial charge >= 0.3 is 0 Å². The first-order valence-corrected chi connectivity index (χ1v) is 7.93. The molecule has 1 atom stereocenters. The fraction of sp³-hybridized carbons (Fsp3) is 0.556. The lowest BCUT2D eigenvalue weighted by molar-refractivity contribution is 0.517. The Morgan fingerprint density at radius 3 is 2.70 bits per heavy atom. The predicted octanol–water partition coefficient (Wildman–Crippen LogP) is 4.36. The van der Waals surface area contributed by atoms with Gasteiger partial charge in [0.2, 0.25) is 0 Å². The molecule has 0 aliphatic carbocycles. The van der Waals surface area contributed by atoms with Crippen molar-refractivity contribution in [3.63, 3.8) is 0 Å². The second kappa shape index (κ2) is 6.94. The Hall–Kier alpha value is -1.28. The number of aromatic nitrogens is 1. The second-order valence-electron chi connectivity index (χ2n) is 6.31. The average Bonchev–Trinajstić information content (AvgIpc) is 2.81. The van der Waals surface area contributed by atoms with Crippen molar-refractivity contribution < 1.29 is 0 Å². The Morgan fingerprint density at radius 1 is 1.20 bits per heavy atom. The highest BCUT2D eigenvalue weighted by atomic mass is 14.9. The molecule has 1 unspecified atom stereocenters. The molecule has 2 nitrogen and oxygen atoms in total. The topological polar surface area (TPSA) is 30.9 Å². The van der Waals surface area contributed by atoms with Crippen LogP contribution < -0.4 is 5.73 Å². The fourth-order valence-electron chi connectivity index (χ4n) is 2.67. The third kappa shape index (κ3) is 3.86. The number of hydrogen-bond donors (Lipinski definition) is 1. The van der Waals surface area contributed by atoms with Gasteiger partial charge in [-0.3, -0.25) is 0 Å². The zero-order valence-electron chi connectivity index (χ0n) is 13.1. The molecule has 2 heteroatoms. The van der Waals surface area contributed by atoms with Gasteiger partial charge in [-0.25, -0.2) is 0 Å². The molecule has 1 heterocycles. The minimum Gasteiger partial charge on any atom is -0.347 e. The summed E-state index contributed by atoms with van der Waals surface area (Å²) in [5.41, 5.74) is 8.78. The van der Waals surface area contributed by atoms with Gasteiger partial charge in [0.15, 0.2) is 0 Å². The molecule has 20 heavy (non-hydrogen) atoms. The molecule has 0 bridgehead atoms. The van der Waals surface area contributed by atoms with Gasteiger partial charge in [0.1, 0.15) is 0 Å². The quantitative estimate of drug-likeness (QED) is 0.798. The Bertz CT molecular complexity index is 539. The molecule has 0 saturated carbocycles. The minimum atomic E-state index is 0.275. The summed E-state index contributed by atoms with van der Waals surface area (Å²) < 4.78 is 2.39. The van der Waals surface area contributed by atoms with Gasteiger partial charge in [0, 0.05) is 24.3 Å². The zero-order chi connectivity index (χ0) is 14.5. The van der Waals surface area contributed by atoms with Crippen LogP contribution in [0.15, 0.2) is 30.5 Å². The van der Waals surface area contributed by atoms with Crippen LogP contribution in [0.25, 0.3) is 10.9 Å². The van der Waals surface area contributed by atoms with Crippen molar-refractivity contribution in [3.8, 4) is 0 Å². The standard InChI is InChI=1S/C18H28N2/c1-4-17(19)12-15-7-8-16-9-11-20(18(16)13-15)10-5-6-14(2)3/h7-9,11,13-14,17H,4-6,10,12,19H2,1-3H3. The van der Waals surface area contributed by atoms with Crippen LogP contribution in [-0.2, 0) is 13.0 Å². The van der Waals surface area contributed by atoms with Gasteiger partial charge in [-0.2, -0.15) is 0 Å². The Morgan fingerprint density at radius 2 is 2.00 bits per heavy atom. The van der Waals surface area contributed by atoms with Gasteiger partial charge in [0.05, 0.1) is 0 Å². The molecule has 2 rings (SSSR count). The van der Waals surface area contributed by atoms with Crippen molar-refractivity contribution in [3.05, 3.63) is 36.0 Å². The maximum absolute atomic E-state index is 6.07. The zero-order valence-corrected chi connectivity index (χ0v) is 13.1. The summed E-state index contributed by atoms with van der Waals surface area (Å²) in [7, 11) is 0. The van der Waals surface area contributed by atoms with Crippen molar-refractivity contribution in [2.45, 2.75) is 59.0 Å². The molecule has 2 N–H and O–H groups in total. The molecule has 0 radical (unpaired) electrons. The number of hydrogen-bond acceptors (Lipinski definition) is 1. The second-order valence-corrected chi connectivity index (χ2v) is 6.31. The highest BCUT2D eigenvalue weighted by Gasteiger charge is 2.06. The third-order valence-electron chi connectivity index (χ3n) is 4.04. The Labute approximate surface area is 123 Å². The van der Waals surface area contributed by atoms with E-state index in [-0.39, 0.29) is 6.04 Å². The molecule has 0 fully saturated rings. The lowest BCUT2D eigenvalue weighted by atomic mass is 10.0. The molecule has 0 aliphatic rings. The number of fused-ring (bicyclic) bond motifs is 1. The van der Waals surface area contributed by atoms with Crippen LogP contribution in [-0.4, -0.2) is 10.6 Å². The van der Waals surface area contributed by atoms with Crippen molar-refractivity contribution >= 4 is 10.9 Å². The van der Waals surface area contributed by atoms with Crippen LogP contribution >= 0.6 is 0 Å². The molecule has 1 aromatic heterocycles. The van der Waals surface area contributed by atoms with E-state index in [1.165, 1.54) is 29.3 Å². The Kier molecular flexibility index (Phi) is 5.24. The average molecular weight is 272 g/mol. The van der Waals surface area contributed by atoms with Gasteiger partial charge in [-0.15, -0.1) is 0 Å². The van der Waals surface area contributed by atoms with Crippen LogP contribution in [0, 0.1) is 5.92 Å². The first-order chi connectivity index (χ1) is 9.60. The lowest BCUT2D eigenvalue weighted by Crippen LogP contribution is -2.21. The molecule has 0 aliphatic heterocycles. The highest BCUT2D eigenvalue weighted by Crippen LogP contribution is 2.20. The van der Waals surface area contributed by atoms with Gasteiger partial charge in [0.25, 0.3) is 0 Å². The van der Waals surface area contributed by atoms with E-state index in [0.29, 0.717) is 0 Å².